The number of pyridine rings is 1. The molecule has 3 aliphatic rings. The van der Waals surface area contributed by atoms with Crippen molar-refractivity contribution in [2.45, 2.75) is 32.0 Å². The van der Waals surface area contributed by atoms with Crippen LogP contribution in [0.5, 0.6) is 0 Å². The Kier molecular flexibility index (Phi) is 5.19. The molecule has 8 nitrogen and oxygen atoms in total. The van der Waals surface area contributed by atoms with Crippen molar-refractivity contribution in [1.29, 1.82) is 0 Å². The summed E-state index contributed by atoms with van der Waals surface area (Å²) in [4.78, 5) is 25.6. The van der Waals surface area contributed by atoms with E-state index in [0.717, 1.165) is 47.7 Å². The molecule has 9 heteroatoms. The number of amides is 1. The molecule has 2 aromatic heterocycles. The lowest BCUT2D eigenvalue weighted by molar-refractivity contribution is -0.104. The summed E-state index contributed by atoms with van der Waals surface area (Å²) in [5, 5.41) is 12.9. The van der Waals surface area contributed by atoms with E-state index < -0.39 is 5.60 Å². The van der Waals surface area contributed by atoms with Crippen molar-refractivity contribution in [3.05, 3.63) is 39.6 Å². The number of carbonyl (C=O) groups excluding carboxylic acids is 1. The van der Waals surface area contributed by atoms with Crippen LogP contribution in [0.4, 0.5) is 10.5 Å². The average molecular weight is 443 g/mol. The van der Waals surface area contributed by atoms with Gasteiger partial charge in [-0.3, -0.25) is 4.98 Å². The zero-order chi connectivity index (χ0) is 21.6. The van der Waals surface area contributed by atoms with Gasteiger partial charge in [0.2, 0.25) is 0 Å². The van der Waals surface area contributed by atoms with Gasteiger partial charge in [0.05, 0.1) is 24.6 Å². The number of rotatable bonds is 4. The molecule has 0 bridgehead atoms. The number of hydrogen-bond acceptors (Lipinski definition) is 8. The van der Waals surface area contributed by atoms with Crippen molar-refractivity contribution in [1.82, 2.24) is 14.9 Å². The molecule has 0 spiro atoms. The molecule has 2 aliphatic heterocycles. The number of piperazine rings is 1. The van der Waals surface area contributed by atoms with Gasteiger partial charge in [-0.1, -0.05) is 0 Å². The van der Waals surface area contributed by atoms with E-state index in [0.29, 0.717) is 31.3 Å². The highest BCUT2D eigenvalue weighted by molar-refractivity contribution is 7.09. The van der Waals surface area contributed by atoms with Crippen LogP contribution < -0.4 is 4.90 Å². The molecule has 0 atom stereocenters. The molecule has 31 heavy (non-hydrogen) atoms. The molecule has 0 radical (unpaired) electrons. The van der Waals surface area contributed by atoms with Gasteiger partial charge in [0, 0.05) is 55.4 Å². The van der Waals surface area contributed by atoms with Crippen LogP contribution in [0.1, 0.15) is 35.8 Å². The fourth-order valence-corrected chi connectivity index (χ4v) is 4.85. The van der Waals surface area contributed by atoms with Gasteiger partial charge in [0.25, 0.3) is 0 Å². The zero-order valence-corrected chi connectivity index (χ0v) is 18.5. The fourth-order valence-electron chi connectivity index (χ4n) is 3.98. The number of hydrogen-bond donors (Lipinski definition) is 1. The minimum Gasteiger partial charge on any atom is -0.441 e. The highest BCUT2D eigenvalue weighted by Gasteiger charge is 2.30. The number of ether oxygens (including phenoxy) is 2. The quantitative estimate of drug-likeness (QED) is 0.778. The summed E-state index contributed by atoms with van der Waals surface area (Å²) >= 11 is 1.48. The van der Waals surface area contributed by atoms with E-state index >= 15 is 0 Å². The first-order valence-electron chi connectivity index (χ1n) is 10.5. The van der Waals surface area contributed by atoms with Crippen LogP contribution in [0.25, 0.3) is 11.6 Å². The SMILES string of the molecule is CC(C)(O)c1nc(C2=Cc3c(N4CCN(C(=O)OC5COC5)CC4)ccnc3C2)cs1. The number of thiazole rings is 1. The standard InChI is InChI=1S/C22H26N4O4S/c1-22(2,28)20-24-18(13-31-20)14-9-16-17(10-14)23-4-3-19(16)25-5-7-26(8-6-25)21(27)30-15-11-29-12-15/h3-4,9,13,15,28H,5-8,10-12H2,1-2H3. The normalized spacial score (nSPS) is 19.1. The molecule has 164 valence electrons. The molecule has 1 N–H and O–H groups in total. The molecule has 0 saturated carbocycles. The van der Waals surface area contributed by atoms with Gasteiger partial charge in [-0.25, -0.2) is 9.78 Å². The Morgan fingerprint density at radius 1 is 1.29 bits per heavy atom. The first-order chi connectivity index (χ1) is 14.9. The summed E-state index contributed by atoms with van der Waals surface area (Å²) in [6.45, 7) is 7.25. The summed E-state index contributed by atoms with van der Waals surface area (Å²) in [6.07, 6.45) is 4.40. The van der Waals surface area contributed by atoms with Crippen LogP contribution in [-0.2, 0) is 21.5 Å². The van der Waals surface area contributed by atoms with E-state index in [1.165, 1.54) is 11.3 Å². The third-order valence-electron chi connectivity index (χ3n) is 5.84. The summed E-state index contributed by atoms with van der Waals surface area (Å²) in [7, 11) is 0. The van der Waals surface area contributed by atoms with Gasteiger partial charge >= 0.3 is 6.09 Å². The topological polar surface area (TPSA) is 88.0 Å². The highest BCUT2D eigenvalue weighted by Crippen LogP contribution is 2.37. The molecule has 2 saturated heterocycles. The monoisotopic (exact) mass is 442 g/mol. The summed E-state index contributed by atoms with van der Waals surface area (Å²) in [6, 6.07) is 2.04. The van der Waals surface area contributed by atoms with E-state index in [2.05, 4.69) is 20.9 Å². The van der Waals surface area contributed by atoms with Gasteiger partial charge < -0.3 is 24.4 Å². The van der Waals surface area contributed by atoms with E-state index in [4.69, 9.17) is 9.47 Å². The number of allylic oxidation sites excluding steroid dienone is 1. The van der Waals surface area contributed by atoms with Gasteiger partial charge in [-0.2, -0.15) is 0 Å². The lowest BCUT2D eigenvalue weighted by Crippen LogP contribution is -2.51. The molecule has 5 rings (SSSR count). The predicted octanol–water partition coefficient (Wildman–Crippen LogP) is 2.52. The van der Waals surface area contributed by atoms with Gasteiger partial charge in [-0.05, 0) is 31.6 Å². The maximum Gasteiger partial charge on any atom is 0.410 e. The second-order valence-corrected chi connectivity index (χ2v) is 9.51. The molecule has 0 unspecified atom stereocenters. The Morgan fingerprint density at radius 2 is 2.06 bits per heavy atom. The number of carbonyl (C=O) groups is 1. The minimum absolute atomic E-state index is 0.0970. The molecule has 0 aromatic carbocycles. The first-order valence-corrected chi connectivity index (χ1v) is 11.4. The zero-order valence-electron chi connectivity index (χ0n) is 17.7. The maximum atomic E-state index is 12.3. The third-order valence-corrected chi connectivity index (χ3v) is 6.99. The Bertz CT molecular complexity index is 1020. The summed E-state index contributed by atoms with van der Waals surface area (Å²) < 4.78 is 10.5. The smallest absolute Gasteiger partial charge is 0.410 e. The van der Waals surface area contributed by atoms with Crippen LogP contribution in [0.3, 0.4) is 0 Å². The van der Waals surface area contributed by atoms with E-state index in [1.807, 2.05) is 17.6 Å². The Morgan fingerprint density at radius 3 is 2.71 bits per heavy atom. The lowest BCUT2D eigenvalue weighted by atomic mass is 10.1. The highest BCUT2D eigenvalue weighted by atomic mass is 32.1. The number of aliphatic hydroxyl groups is 1. The van der Waals surface area contributed by atoms with Crippen LogP contribution in [0.2, 0.25) is 0 Å². The van der Waals surface area contributed by atoms with Crippen molar-refractivity contribution in [2.24, 2.45) is 0 Å². The van der Waals surface area contributed by atoms with Gasteiger partial charge in [0.1, 0.15) is 10.6 Å². The Hall–Kier alpha value is -2.49. The number of fused-ring (bicyclic) bond motifs is 1. The molecule has 1 aliphatic carbocycles. The van der Waals surface area contributed by atoms with Crippen molar-refractivity contribution < 1.29 is 19.4 Å². The molecule has 2 fully saturated rings. The summed E-state index contributed by atoms with van der Waals surface area (Å²) in [5.74, 6) is 0. The van der Waals surface area contributed by atoms with E-state index in [1.54, 1.807) is 18.7 Å². The van der Waals surface area contributed by atoms with Crippen molar-refractivity contribution in [2.75, 3.05) is 44.3 Å². The average Bonchev–Trinajstić information content (AvgIpc) is 3.37. The van der Waals surface area contributed by atoms with Crippen LogP contribution in [-0.4, -0.2) is 71.6 Å². The van der Waals surface area contributed by atoms with Crippen LogP contribution >= 0.6 is 11.3 Å². The van der Waals surface area contributed by atoms with Crippen molar-refractivity contribution in [3.8, 4) is 0 Å². The number of aromatic nitrogens is 2. The van der Waals surface area contributed by atoms with Crippen molar-refractivity contribution in [3.63, 3.8) is 0 Å². The predicted molar refractivity (Wildman–Crippen MR) is 118 cm³/mol. The maximum absolute atomic E-state index is 12.3. The lowest BCUT2D eigenvalue weighted by Gasteiger charge is -2.37. The van der Waals surface area contributed by atoms with Crippen molar-refractivity contribution >= 4 is 34.8 Å². The molecular weight excluding hydrogens is 416 g/mol. The minimum atomic E-state index is -0.940. The van der Waals surface area contributed by atoms with Crippen LogP contribution in [0.15, 0.2) is 17.6 Å². The third kappa shape index (κ3) is 4.05. The van der Waals surface area contributed by atoms with Gasteiger partial charge in [0.15, 0.2) is 6.10 Å². The first kappa shape index (κ1) is 20.4. The van der Waals surface area contributed by atoms with Crippen LogP contribution in [0, 0.1) is 0 Å². The van der Waals surface area contributed by atoms with E-state index in [-0.39, 0.29) is 12.2 Å². The largest absolute Gasteiger partial charge is 0.441 e. The number of nitrogens with zero attached hydrogens (tertiary/aromatic N) is 4. The van der Waals surface area contributed by atoms with Gasteiger partial charge in [-0.15, -0.1) is 11.3 Å². The summed E-state index contributed by atoms with van der Waals surface area (Å²) in [5.41, 5.74) is 4.38. The molecule has 1 amide bonds. The Balaban J connectivity index is 1.29. The second-order valence-electron chi connectivity index (χ2n) is 8.65. The number of anilines is 1. The second kappa shape index (κ2) is 7.89. The molecule has 2 aromatic rings. The van der Waals surface area contributed by atoms with E-state index in [9.17, 15) is 9.90 Å². The fraction of sp³-hybridized carbons (Fsp3) is 0.500. The molecule has 4 heterocycles. The molecular formula is C22H26N4O4S. The Labute approximate surface area is 185 Å².